The van der Waals surface area contributed by atoms with E-state index < -0.39 is 0 Å². The molecule has 3 fully saturated rings. The highest BCUT2D eigenvalue weighted by Gasteiger charge is 2.53. The number of rotatable bonds is 3. The number of hydrogen-bond acceptors (Lipinski definition) is 1. The van der Waals surface area contributed by atoms with Crippen LogP contribution in [0, 0.1) is 27.2 Å². The van der Waals surface area contributed by atoms with Gasteiger partial charge in [0.05, 0.1) is 0 Å². The zero-order chi connectivity index (χ0) is 13.7. The van der Waals surface area contributed by atoms with E-state index in [1.807, 2.05) is 0 Å². The zero-order valence-corrected chi connectivity index (χ0v) is 14.3. The molecule has 108 valence electrons. The van der Waals surface area contributed by atoms with Crippen molar-refractivity contribution in [2.45, 2.75) is 51.1 Å². The lowest BCUT2D eigenvalue weighted by Crippen LogP contribution is -2.40. The Morgan fingerprint density at radius 3 is 2.60 bits per heavy atom. The highest BCUT2D eigenvalue weighted by atomic mass is 127. The maximum absolute atomic E-state index is 3.96. The summed E-state index contributed by atoms with van der Waals surface area (Å²) >= 11 is 2.38. The van der Waals surface area contributed by atoms with Gasteiger partial charge in [0.25, 0.3) is 0 Å². The molecule has 3 aliphatic carbocycles. The lowest BCUT2D eigenvalue weighted by molar-refractivity contribution is 0.200. The molecule has 0 heterocycles. The smallest absolute Gasteiger partial charge is 0.0294 e. The van der Waals surface area contributed by atoms with Crippen molar-refractivity contribution in [3.05, 3.63) is 33.4 Å². The number of nitrogens with one attached hydrogen (secondary N) is 1. The van der Waals surface area contributed by atoms with Gasteiger partial charge in [-0.25, -0.2) is 0 Å². The van der Waals surface area contributed by atoms with Crippen LogP contribution in [0.1, 0.15) is 50.6 Å². The summed E-state index contributed by atoms with van der Waals surface area (Å²) in [5, 5.41) is 3.96. The van der Waals surface area contributed by atoms with Gasteiger partial charge >= 0.3 is 0 Å². The zero-order valence-electron chi connectivity index (χ0n) is 12.2. The van der Waals surface area contributed by atoms with Gasteiger partial charge in [-0.05, 0) is 96.6 Å². The van der Waals surface area contributed by atoms with Crippen molar-refractivity contribution in [3.8, 4) is 0 Å². The lowest BCUT2D eigenvalue weighted by Gasteiger charge is -2.34. The average molecular weight is 381 g/mol. The molecular formula is C18H24IN. The summed E-state index contributed by atoms with van der Waals surface area (Å²) in [6.07, 6.45) is 7.52. The molecule has 1 N–H and O–H groups in total. The standard InChI is InChI=1S/C18H24IN/c1-11(12-5-7-14(19)8-6-12)20-18-10-13-9-17(18)16-4-2-3-15(13)16/h5-8,11,13,15-18,20H,2-4,9-10H2,1H3. The summed E-state index contributed by atoms with van der Waals surface area (Å²) in [4.78, 5) is 0. The highest BCUT2D eigenvalue weighted by Crippen LogP contribution is 2.58. The second-order valence-corrected chi connectivity index (χ2v) is 8.45. The van der Waals surface area contributed by atoms with Gasteiger partial charge in [0, 0.05) is 15.7 Å². The van der Waals surface area contributed by atoms with Gasteiger partial charge in [-0.3, -0.25) is 0 Å². The summed E-state index contributed by atoms with van der Waals surface area (Å²) in [5.74, 6) is 4.20. The Morgan fingerprint density at radius 2 is 1.80 bits per heavy atom. The van der Waals surface area contributed by atoms with E-state index in [9.17, 15) is 0 Å². The minimum atomic E-state index is 0.496. The van der Waals surface area contributed by atoms with Crippen LogP contribution in [0.3, 0.4) is 0 Å². The largest absolute Gasteiger partial charge is 0.307 e. The molecule has 6 unspecified atom stereocenters. The van der Waals surface area contributed by atoms with E-state index in [0.29, 0.717) is 6.04 Å². The third kappa shape index (κ3) is 2.23. The van der Waals surface area contributed by atoms with E-state index in [4.69, 9.17) is 0 Å². The molecule has 0 aromatic heterocycles. The molecule has 1 aromatic carbocycles. The molecule has 0 saturated heterocycles. The van der Waals surface area contributed by atoms with Crippen molar-refractivity contribution >= 4 is 22.6 Å². The molecular weight excluding hydrogens is 357 g/mol. The van der Waals surface area contributed by atoms with Crippen molar-refractivity contribution in [2.24, 2.45) is 23.7 Å². The fraction of sp³-hybridized carbons (Fsp3) is 0.667. The topological polar surface area (TPSA) is 12.0 Å². The van der Waals surface area contributed by atoms with E-state index in [0.717, 1.165) is 29.7 Å². The normalized spacial score (nSPS) is 40.0. The summed E-state index contributed by atoms with van der Waals surface area (Å²) < 4.78 is 1.33. The van der Waals surface area contributed by atoms with Crippen molar-refractivity contribution in [2.75, 3.05) is 0 Å². The fourth-order valence-corrected chi connectivity index (χ4v) is 5.79. The molecule has 6 atom stereocenters. The lowest BCUT2D eigenvalue weighted by atomic mass is 9.79. The minimum absolute atomic E-state index is 0.496. The maximum Gasteiger partial charge on any atom is 0.0294 e. The van der Waals surface area contributed by atoms with Crippen LogP contribution in [0.2, 0.25) is 0 Å². The molecule has 2 heteroatoms. The second-order valence-electron chi connectivity index (χ2n) is 7.20. The Hall–Kier alpha value is -0.0900. The second kappa shape index (κ2) is 5.28. The first-order chi connectivity index (χ1) is 9.72. The first-order valence-corrected chi connectivity index (χ1v) is 9.32. The van der Waals surface area contributed by atoms with Crippen LogP contribution in [-0.4, -0.2) is 6.04 Å². The summed E-state index contributed by atoms with van der Waals surface area (Å²) in [6, 6.07) is 10.3. The Balaban J connectivity index is 1.44. The molecule has 0 aliphatic heterocycles. The van der Waals surface area contributed by atoms with Gasteiger partial charge in [-0.15, -0.1) is 0 Å². The predicted molar refractivity (Wildman–Crippen MR) is 91.5 cm³/mol. The third-order valence-corrected chi connectivity index (χ3v) is 6.98. The highest BCUT2D eigenvalue weighted by molar-refractivity contribution is 14.1. The van der Waals surface area contributed by atoms with Crippen molar-refractivity contribution in [3.63, 3.8) is 0 Å². The van der Waals surface area contributed by atoms with Crippen LogP contribution in [0.5, 0.6) is 0 Å². The van der Waals surface area contributed by atoms with Crippen LogP contribution < -0.4 is 5.32 Å². The molecule has 1 nitrogen and oxygen atoms in total. The molecule has 3 aliphatic rings. The predicted octanol–water partition coefficient (Wildman–Crippen LogP) is 4.77. The molecule has 0 radical (unpaired) electrons. The first kappa shape index (κ1) is 13.6. The van der Waals surface area contributed by atoms with E-state index in [1.54, 1.807) is 0 Å². The number of fused-ring (bicyclic) bond motifs is 5. The van der Waals surface area contributed by atoms with Gasteiger partial charge in [0.15, 0.2) is 0 Å². The van der Waals surface area contributed by atoms with Crippen LogP contribution in [0.25, 0.3) is 0 Å². The minimum Gasteiger partial charge on any atom is -0.307 e. The van der Waals surface area contributed by atoms with Gasteiger partial charge in [0.2, 0.25) is 0 Å². The molecule has 1 aromatic rings. The summed E-state index contributed by atoms with van der Waals surface area (Å²) in [7, 11) is 0. The van der Waals surface area contributed by atoms with E-state index in [1.165, 1.54) is 41.2 Å². The number of halogens is 1. The van der Waals surface area contributed by atoms with Crippen molar-refractivity contribution in [1.29, 1.82) is 0 Å². The third-order valence-electron chi connectivity index (χ3n) is 6.26. The van der Waals surface area contributed by atoms with Gasteiger partial charge in [0.1, 0.15) is 0 Å². The summed E-state index contributed by atoms with van der Waals surface area (Å²) in [5.41, 5.74) is 1.44. The van der Waals surface area contributed by atoms with Crippen LogP contribution in [-0.2, 0) is 0 Å². The molecule has 0 spiro atoms. The molecule has 0 amide bonds. The number of hydrogen-bond donors (Lipinski definition) is 1. The van der Waals surface area contributed by atoms with Gasteiger partial charge in [-0.1, -0.05) is 18.6 Å². The Morgan fingerprint density at radius 1 is 1.05 bits per heavy atom. The fourth-order valence-electron chi connectivity index (χ4n) is 5.43. The van der Waals surface area contributed by atoms with E-state index in [-0.39, 0.29) is 0 Å². The molecule has 2 bridgehead atoms. The quantitative estimate of drug-likeness (QED) is 0.744. The Bertz CT molecular complexity index is 483. The molecule has 20 heavy (non-hydrogen) atoms. The molecule has 4 rings (SSSR count). The first-order valence-electron chi connectivity index (χ1n) is 8.24. The van der Waals surface area contributed by atoms with E-state index in [2.05, 4.69) is 59.1 Å². The van der Waals surface area contributed by atoms with Crippen molar-refractivity contribution in [1.82, 2.24) is 5.32 Å². The van der Waals surface area contributed by atoms with Gasteiger partial charge in [-0.2, -0.15) is 0 Å². The summed E-state index contributed by atoms with van der Waals surface area (Å²) in [6.45, 7) is 2.33. The number of benzene rings is 1. The molecule has 3 saturated carbocycles. The Kier molecular flexibility index (Phi) is 3.58. The average Bonchev–Trinajstić information content (AvgIpc) is 3.11. The van der Waals surface area contributed by atoms with Crippen LogP contribution in [0.4, 0.5) is 0 Å². The van der Waals surface area contributed by atoms with Crippen LogP contribution in [0.15, 0.2) is 24.3 Å². The maximum atomic E-state index is 3.96. The van der Waals surface area contributed by atoms with Gasteiger partial charge < -0.3 is 5.32 Å². The Labute approximate surface area is 136 Å². The van der Waals surface area contributed by atoms with Crippen molar-refractivity contribution < 1.29 is 0 Å². The van der Waals surface area contributed by atoms with Crippen LogP contribution >= 0.6 is 22.6 Å². The monoisotopic (exact) mass is 381 g/mol. The van der Waals surface area contributed by atoms with E-state index >= 15 is 0 Å². The SMILES string of the molecule is CC(NC1CC2CC1C1CCCC21)c1ccc(I)cc1.